The second-order valence-electron chi connectivity index (χ2n) is 24.9. The molecule has 0 N–H and O–H groups in total. The van der Waals surface area contributed by atoms with Gasteiger partial charge in [0, 0.05) is 0 Å². The predicted octanol–water partition coefficient (Wildman–Crippen LogP) is 27.1. The van der Waals surface area contributed by atoms with Crippen molar-refractivity contribution < 1.29 is 6.85 Å². The van der Waals surface area contributed by atoms with Crippen molar-refractivity contribution in [1.82, 2.24) is 0 Å². The third-order valence-corrected chi connectivity index (χ3v) is 19.5. The SMILES string of the molecule is [2H]c1c([2H])c([2H])c(-c2ccc3ccc(-c4c5ccccc5c(-c5ccc(-c6ccccc6)c6ccccc56)c5ccccc45)cc3c2)c([2H])c1[2H].c1ccc(-c2ccc(-c3c4ccccc4c(-c4ccc5ccc(-c6ccc7ccccc7c6)cc5c4)c4ccccc34)c3ccccc23)cc1. The first kappa shape index (κ1) is 51.1. The monoisotopic (exact) mass is 1220 g/mol. The largest absolute Gasteiger partial charge is 0.0629 e. The van der Waals surface area contributed by atoms with Crippen LogP contribution in [-0.2, 0) is 0 Å². The Bertz CT molecular complexity index is 6430. The second-order valence-corrected chi connectivity index (χ2v) is 24.9. The van der Waals surface area contributed by atoms with Crippen molar-refractivity contribution in [3.8, 4) is 89.0 Å². The van der Waals surface area contributed by atoms with Crippen LogP contribution in [0.15, 0.2) is 376 Å². The van der Waals surface area contributed by atoms with Gasteiger partial charge in [-0.3, -0.25) is 0 Å². The lowest BCUT2D eigenvalue weighted by Crippen LogP contribution is -1.92. The Hall–Kier alpha value is -12.5. The molecular formula is C96H62. The van der Waals surface area contributed by atoms with Gasteiger partial charge in [-0.05, 0) is 216 Å². The molecule has 0 spiro atoms. The molecule has 0 heterocycles. The van der Waals surface area contributed by atoms with Gasteiger partial charge in [0.2, 0.25) is 0 Å². The molecule has 0 aromatic heterocycles. The van der Waals surface area contributed by atoms with E-state index in [-0.39, 0.29) is 35.8 Å². The average Bonchev–Trinajstić information content (AvgIpc) is 0.730. The van der Waals surface area contributed by atoms with Gasteiger partial charge in [0.15, 0.2) is 0 Å². The second kappa shape index (κ2) is 23.9. The lowest BCUT2D eigenvalue weighted by molar-refractivity contribution is 1.64. The van der Waals surface area contributed by atoms with E-state index in [1.165, 1.54) is 131 Å². The van der Waals surface area contributed by atoms with Crippen LogP contribution in [0, 0.1) is 0 Å². The first-order chi connectivity index (χ1) is 49.7. The Balaban J connectivity index is 0.000000145. The molecule has 0 heteroatoms. The third-order valence-electron chi connectivity index (χ3n) is 19.5. The standard InChI is InChI=1S/C50H32.C46H30/c1-2-13-35(14-3-1)41-28-29-48(43-17-7-6-16-42(41)43)50-46-20-10-8-18-44(46)49(45-19-9-11-21-47(45)50)39-27-24-34-23-26-38(31-40(34)32-39)37-25-22-33-12-4-5-15-36(33)30-37;1-3-13-31(14-4-1)34-25-23-32-24-26-35(30-36(32)29-34)45-40-19-9-11-21-42(40)46(43-22-12-10-20-41(43)45)44-28-27-37(33-15-5-2-6-16-33)38-17-7-8-18-39(38)44/h1-32H;1-30H/i;1D,3D,4D,13D,14D. The number of hydrogen-bond acceptors (Lipinski definition) is 0. The van der Waals surface area contributed by atoms with Crippen molar-refractivity contribution in [3.05, 3.63) is 376 Å². The van der Waals surface area contributed by atoms with Gasteiger partial charge in [-0.25, -0.2) is 0 Å². The van der Waals surface area contributed by atoms with E-state index in [9.17, 15) is 0 Å². The Morgan fingerprint density at radius 1 is 0.146 bits per heavy atom. The summed E-state index contributed by atoms with van der Waals surface area (Å²) in [5, 5.41) is 21.6. The molecule has 0 saturated heterocycles. The zero-order valence-corrected chi connectivity index (χ0v) is 52.4. The summed E-state index contributed by atoms with van der Waals surface area (Å²) in [5.74, 6) is 0. The van der Waals surface area contributed by atoms with Crippen LogP contribution >= 0.6 is 0 Å². The van der Waals surface area contributed by atoms with E-state index in [2.05, 4.69) is 328 Å². The first-order valence-electron chi connectivity index (χ1n) is 35.4. The predicted molar refractivity (Wildman–Crippen MR) is 414 cm³/mol. The van der Waals surface area contributed by atoms with Crippen molar-refractivity contribution in [1.29, 1.82) is 0 Å². The van der Waals surface area contributed by atoms with E-state index in [0.717, 1.165) is 43.4 Å². The summed E-state index contributed by atoms with van der Waals surface area (Å²) in [6.07, 6.45) is 0. The fourth-order valence-corrected chi connectivity index (χ4v) is 15.1. The summed E-state index contributed by atoms with van der Waals surface area (Å²) in [6.45, 7) is 0. The molecule has 96 heavy (non-hydrogen) atoms. The summed E-state index contributed by atoms with van der Waals surface area (Å²) >= 11 is 0. The van der Waals surface area contributed by atoms with Gasteiger partial charge in [-0.1, -0.05) is 346 Å². The summed E-state index contributed by atoms with van der Waals surface area (Å²) in [6, 6.07) is 123. The molecule has 19 aromatic rings. The first-order valence-corrected chi connectivity index (χ1v) is 32.9. The summed E-state index contributed by atoms with van der Waals surface area (Å²) in [5.41, 5.74) is 17.8. The number of fused-ring (bicyclic) bond motifs is 9. The molecule has 0 aliphatic heterocycles. The maximum absolute atomic E-state index is 8.56. The van der Waals surface area contributed by atoms with Crippen LogP contribution in [0.2, 0.25) is 0 Å². The molecule has 0 aliphatic rings. The summed E-state index contributed by atoms with van der Waals surface area (Å²) < 4.78 is 41.6. The van der Waals surface area contributed by atoms with Crippen LogP contribution in [0.25, 0.3) is 186 Å². The van der Waals surface area contributed by atoms with Crippen molar-refractivity contribution in [3.63, 3.8) is 0 Å². The molecule has 446 valence electrons. The van der Waals surface area contributed by atoms with Gasteiger partial charge in [0.05, 0.1) is 6.85 Å². The van der Waals surface area contributed by atoms with E-state index < -0.39 is 0 Å². The van der Waals surface area contributed by atoms with Crippen molar-refractivity contribution >= 4 is 97.0 Å². The molecule has 0 unspecified atom stereocenters. The Morgan fingerprint density at radius 3 is 0.792 bits per heavy atom. The molecule has 0 bridgehead atoms. The fraction of sp³-hybridized carbons (Fsp3) is 0. The highest BCUT2D eigenvalue weighted by Crippen LogP contribution is 2.49. The van der Waals surface area contributed by atoms with Gasteiger partial charge in [-0.2, -0.15) is 0 Å². The van der Waals surface area contributed by atoms with E-state index in [1.54, 1.807) is 0 Å². The van der Waals surface area contributed by atoms with E-state index in [4.69, 9.17) is 6.85 Å². The number of rotatable bonds is 8. The smallest absolute Gasteiger partial charge is 0.0622 e. The molecule has 0 amide bonds. The highest BCUT2D eigenvalue weighted by atomic mass is 14.3. The third kappa shape index (κ3) is 9.86. The highest BCUT2D eigenvalue weighted by Gasteiger charge is 2.22. The topological polar surface area (TPSA) is 0 Å². The molecule has 0 nitrogen and oxygen atoms in total. The van der Waals surface area contributed by atoms with Crippen LogP contribution in [-0.4, -0.2) is 0 Å². The minimum absolute atomic E-state index is 0.201. The minimum atomic E-state index is -0.390. The van der Waals surface area contributed by atoms with E-state index in [0.29, 0.717) is 5.56 Å². The van der Waals surface area contributed by atoms with Crippen molar-refractivity contribution in [2.75, 3.05) is 0 Å². The quantitative estimate of drug-likeness (QED) is 0.133. The average molecular weight is 1220 g/mol. The maximum atomic E-state index is 8.56. The van der Waals surface area contributed by atoms with Gasteiger partial charge in [-0.15, -0.1) is 0 Å². The van der Waals surface area contributed by atoms with Crippen molar-refractivity contribution in [2.24, 2.45) is 0 Å². The van der Waals surface area contributed by atoms with Crippen LogP contribution in [0.5, 0.6) is 0 Å². The number of hydrogen-bond donors (Lipinski definition) is 0. The van der Waals surface area contributed by atoms with Crippen LogP contribution in [0.1, 0.15) is 6.85 Å². The zero-order chi connectivity index (χ0) is 67.8. The minimum Gasteiger partial charge on any atom is -0.0622 e. The van der Waals surface area contributed by atoms with Gasteiger partial charge >= 0.3 is 0 Å². The van der Waals surface area contributed by atoms with Crippen molar-refractivity contribution in [2.45, 2.75) is 0 Å². The lowest BCUT2D eigenvalue weighted by atomic mass is 9.83. The Kier molecular flexibility index (Phi) is 12.7. The van der Waals surface area contributed by atoms with E-state index >= 15 is 0 Å². The summed E-state index contributed by atoms with van der Waals surface area (Å²) in [7, 11) is 0. The molecular weight excluding hydrogens is 1150 g/mol. The van der Waals surface area contributed by atoms with Gasteiger partial charge < -0.3 is 0 Å². The molecule has 0 radical (unpaired) electrons. The maximum Gasteiger partial charge on any atom is 0.0629 e. The lowest BCUT2D eigenvalue weighted by Gasteiger charge is -2.20. The number of benzene rings is 19. The van der Waals surface area contributed by atoms with Gasteiger partial charge in [0.1, 0.15) is 0 Å². The zero-order valence-electron chi connectivity index (χ0n) is 57.4. The van der Waals surface area contributed by atoms with E-state index in [1.807, 2.05) is 18.2 Å². The highest BCUT2D eigenvalue weighted by molar-refractivity contribution is 6.26. The Morgan fingerprint density at radius 2 is 0.406 bits per heavy atom. The fourth-order valence-electron chi connectivity index (χ4n) is 15.1. The molecule has 0 saturated carbocycles. The molecule has 19 rings (SSSR count). The molecule has 0 aliphatic carbocycles. The molecule has 0 fully saturated rings. The van der Waals surface area contributed by atoms with Crippen LogP contribution < -0.4 is 0 Å². The van der Waals surface area contributed by atoms with Crippen LogP contribution in [0.3, 0.4) is 0 Å². The Labute approximate surface area is 565 Å². The van der Waals surface area contributed by atoms with Crippen LogP contribution in [0.4, 0.5) is 0 Å². The van der Waals surface area contributed by atoms with Gasteiger partial charge in [0.25, 0.3) is 0 Å². The normalized spacial score (nSPS) is 12.3. The molecule has 0 atom stereocenters. The summed E-state index contributed by atoms with van der Waals surface area (Å²) in [4.78, 5) is 0. The molecule has 19 aromatic carbocycles.